The number of rotatable bonds is 1. The SMILES string of the molecule is Cc1cc(C)c2nc(-n3nc(C)cc3N)sc2c1. The first-order valence-corrected chi connectivity index (χ1v) is 6.56. The molecule has 18 heavy (non-hydrogen) atoms. The molecule has 0 amide bonds. The fourth-order valence-electron chi connectivity index (χ4n) is 2.12. The minimum absolute atomic E-state index is 0.626. The van der Waals surface area contributed by atoms with Gasteiger partial charge in [-0.2, -0.15) is 9.78 Å². The molecule has 0 saturated carbocycles. The molecule has 0 bridgehead atoms. The lowest BCUT2D eigenvalue weighted by atomic mass is 10.1. The van der Waals surface area contributed by atoms with Crippen molar-refractivity contribution in [1.82, 2.24) is 14.8 Å². The second kappa shape index (κ2) is 3.81. The van der Waals surface area contributed by atoms with Crippen molar-refractivity contribution < 1.29 is 0 Å². The van der Waals surface area contributed by atoms with Gasteiger partial charge in [0.15, 0.2) is 0 Å². The second-order valence-corrected chi connectivity index (χ2v) is 5.56. The number of aromatic nitrogens is 3. The highest BCUT2D eigenvalue weighted by atomic mass is 32.1. The van der Waals surface area contributed by atoms with E-state index in [0.717, 1.165) is 16.3 Å². The summed E-state index contributed by atoms with van der Waals surface area (Å²) in [4.78, 5) is 4.64. The molecule has 0 aliphatic carbocycles. The molecule has 0 unspecified atom stereocenters. The van der Waals surface area contributed by atoms with Crippen molar-refractivity contribution in [3.63, 3.8) is 0 Å². The molecule has 1 aromatic carbocycles. The lowest BCUT2D eigenvalue weighted by Gasteiger charge is -1.96. The average Bonchev–Trinajstić information content (AvgIpc) is 2.81. The first-order chi connectivity index (χ1) is 8.54. The zero-order chi connectivity index (χ0) is 12.9. The van der Waals surface area contributed by atoms with Crippen LogP contribution in [0.2, 0.25) is 0 Å². The van der Waals surface area contributed by atoms with Crippen molar-refractivity contribution in [2.24, 2.45) is 0 Å². The summed E-state index contributed by atoms with van der Waals surface area (Å²) in [6.45, 7) is 6.10. The van der Waals surface area contributed by atoms with Gasteiger partial charge >= 0.3 is 0 Å². The van der Waals surface area contributed by atoms with Gasteiger partial charge in [-0.25, -0.2) is 4.98 Å². The van der Waals surface area contributed by atoms with Gasteiger partial charge in [-0.3, -0.25) is 0 Å². The predicted octanol–water partition coefficient (Wildman–Crippen LogP) is 2.99. The van der Waals surface area contributed by atoms with Crippen LogP contribution < -0.4 is 5.73 Å². The topological polar surface area (TPSA) is 56.7 Å². The van der Waals surface area contributed by atoms with E-state index in [1.165, 1.54) is 15.8 Å². The molecule has 92 valence electrons. The molecule has 4 nitrogen and oxygen atoms in total. The molecular weight excluding hydrogens is 244 g/mol. The molecule has 2 N–H and O–H groups in total. The number of hydrogen-bond donors (Lipinski definition) is 1. The van der Waals surface area contributed by atoms with Crippen LogP contribution >= 0.6 is 11.3 Å². The predicted molar refractivity (Wildman–Crippen MR) is 75.4 cm³/mol. The van der Waals surface area contributed by atoms with E-state index in [1.54, 1.807) is 16.0 Å². The summed E-state index contributed by atoms with van der Waals surface area (Å²) in [6, 6.07) is 6.14. The van der Waals surface area contributed by atoms with Gasteiger partial charge in [0.05, 0.1) is 15.9 Å². The Morgan fingerprint density at radius 2 is 1.94 bits per heavy atom. The highest BCUT2D eigenvalue weighted by Crippen LogP contribution is 2.29. The first-order valence-electron chi connectivity index (χ1n) is 5.75. The molecule has 2 aromatic heterocycles. The number of nitrogens with two attached hydrogens (primary N) is 1. The zero-order valence-corrected chi connectivity index (χ0v) is 11.4. The van der Waals surface area contributed by atoms with Gasteiger partial charge in [0, 0.05) is 6.07 Å². The average molecular weight is 258 g/mol. The maximum Gasteiger partial charge on any atom is 0.213 e. The van der Waals surface area contributed by atoms with Crippen molar-refractivity contribution in [2.75, 3.05) is 5.73 Å². The summed E-state index contributed by atoms with van der Waals surface area (Å²) in [5.41, 5.74) is 10.3. The molecular formula is C13H14N4S. The minimum Gasteiger partial charge on any atom is -0.383 e. The van der Waals surface area contributed by atoms with Crippen molar-refractivity contribution in [3.8, 4) is 5.13 Å². The molecule has 0 aliphatic heterocycles. The number of anilines is 1. The smallest absolute Gasteiger partial charge is 0.213 e. The van der Waals surface area contributed by atoms with Crippen LogP contribution in [0.4, 0.5) is 5.82 Å². The van der Waals surface area contributed by atoms with E-state index in [1.807, 2.05) is 13.0 Å². The monoisotopic (exact) mass is 258 g/mol. The number of nitrogens with zero attached hydrogens (tertiary/aromatic N) is 3. The van der Waals surface area contributed by atoms with Crippen LogP contribution in [0.25, 0.3) is 15.3 Å². The van der Waals surface area contributed by atoms with E-state index >= 15 is 0 Å². The van der Waals surface area contributed by atoms with Gasteiger partial charge in [-0.15, -0.1) is 0 Å². The third-order valence-corrected chi connectivity index (χ3v) is 3.84. The highest BCUT2D eigenvalue weighted by molar-refractivity contribution is 7.20. The minimum atomic E-state index is 0.626. The van der Waals surface area contributed by atoms with Crippen molar-refractivity contribution in [2.45, 2.75) is 20.8 Å². The molecule has 0 spiro atoms. The van der Waals surface area contributed by atoms with Crippen molar-refractivity contribution in [3.05, 3.63) is 35.0 Å². The zero-order valence-electron chi connectivity index (χ0n) is 10.6. The van der Waals surface area contributed by atoms with Gasteiger partial charge in [-0.1, -0.05) is 17.4 Å². The van der Waals surface area contributed by atoms with E-state index in [2.05, 4.69) is 36.1 Å². The molecule has 2 heterocycles. The molecule has 3 aromatic rings. The molecule has 0 aliphatic rings. The van der Waals surface area contributed by atoms with Crippen LogP contribution in [0.5, 0.6) is 0 Å². The summed E-state index contributed by atoms with van der Waals surface area (Å²) in [5, 5.41) is 5.19. The number of thiazole rings is 1. The number of nitrogen functional groups attached to an aromatic ring is 1. The number of hydrogen-bond acceptors (Lipinski definition) is 4. The summed E-state index contributed by atoms with van der Waals surface area (Å²) < 4.78 is 2.88. The molecule has 0 radical (unpaired) electrons. The Labute approximate surface area is 109 Å². The largest absolute Gasteiger partial charge is 0.383 e. The third-order valence-electron chi connectivity index (χ3n) is 2.86. The lowest BCUT2D eigenvalue weighted by molar-refractivity contribution is 0.865. The fraction of sp³-hybridized carbons (Fsp3) is 0.231. The van der Waals surface area contributed by atoms with Gasteiger partial charge in [0.1, 0.15) is 5.82 Å². The third kappa shape index (κ3) is 1.67. The van der Waals surface area contributed by atoms with Crippen LogP contribution in [0.3, 0.4) is 0 Å². The Kier molecular flexibility index (Phi) is 2.38. The summed E-state index contributed by atoms with van der Waals surface area (Å²) in [6.07, 6.45) is 0. The highest BCUT2D eigenvalue weighted by Gasteiger charge is 2.11. The second-order valence-electron chi connectivity index (χ2n) is 4.55. The maximum absolute atomic E-state index is 5.93. The summed E-state index contributed by atoms with van der Waals surface area (Å²) in [7, 11) is 0. The van der Waals surface area contributed by atoms with E-state index in [9.17, 15) is 0 Å². The molecule has 5 heteroatoms. The number of aryl methyl sites for hydroxylation is 3. The van der Waals surface area contributed by atoms with Crippen LogP contribution in [-0.2, 0) is 0 Å². The summed E-state index contributed by atoms with van der Waals surface area (Å²) in [5.74, 6) is 0.626. The Bertz CT molecular complexity index is 739. The Hall–Kier alpha value is -1.88. The van der Waals surface area contributed by atoms with Crippen LogP contribution in [0, 0.1) is 20.8 Å². The molecule has 0 atom stereocenters. The van der Waals surface area contributed by atoms with Gasteiger partial charge < -0.3 is 5.73 Å². The van der Waals surface area contributed by atoms with E-state index in [-0.39, 0.29) is 0 Å². The van der Waals surface area contributed by atoms with Gasteiger partial charge in [-0.05, 0) is 38.0 Å². The number of benzene rings is 1. The van der Waals surface area contributed by atoms with Gasteiger partial charge in [0.2, 0.25) is 5.13 Å². The van der Waals surface area contributed by atoms with Gasteiger partial charge in [0.25, 0.3) is 0 Å². The Morgan fingerprint density at radius 3 is 2.61 bits per heavy atom. The summed E-state index contributed by atoms with van der Waals surface area (Å²) >= 11 is 1.62. The van der Waals surface area contributed by atoms with Crippen LogP contribution in [0.1, 0.15) is 16.8 Å². The maximum atomic E-state index is 5.93. The van der Waals surface area contributed by atoms with Crippen molar-refractivity contribution >= 4 is 27.4 Å². The molecule has 0 fully saturated rings. The van der Waals surface area contributed by atoms with Crippen LogP contribution in [-0.4, -0.2) is 14.8 Å². The van der Waals surface area contributed by atoms with Crippen molar-refractivity contribution in [1.29, 1.82) is 0 Å². The quantitative estimate of drug-likeness (QED) is 0.730. The Balaban J connectivity index is 2.25. The standard InChI is InChI=1S/C13H14N4S/c1-7-4-8(2)12-10(5-7)18-13(15-12)17-11(14)6-9(3)16-17/h4-6H,14H2,1-3H3. The molecule has 3 rings (SSSR count). The lowest BCUT2D eigenvalue weighted by Crippen LogP contribution is -2.00. The van der Waals surface area contributed by atoms with Crippen LogP contribution in [0.15, 0.2) is 18.2 Å². The normalized spacial score (nSPS) is 11.3. The number of fused-ring (bicyclic) bond motifs is 1. The Morgan fingerprint density at radius 1 is 1.17 bits per heavy atom. The van der Waals surface area contributed by atoms with E-state index < -0.39 is 0 Å². The first kappa shape index (κ1) is 11.2. The van der Waals surface area contributed by atoms with E-state index in [4.69, 9.17) is 5.73 Å². The molecule has 0 saturated heterocycles. The fourth-order valence-corrected chi connectivity index (χ4v) is 3.24. The van der Waals surface area contributed by atoms with E-state index in [0.29, 0.717) is 5.82 Å².